The first kappa shape index (κ1) is 15.6. The molecule has 2 aromatic rings. The normalized spacial score (nSPS) is 11.0. The van der Waals surface area contributed by atoms with E-state index in [1.807, 2.05) is 25.1 Å². The summed E-state index contributed by atoms with van der Waals surface area (Å²) in [6.45, 7) is 5.05. The molecule has 0 saturated heterocycles. The van der Waals surface area contributed by atoms with E-state index in [-0.39, 0.29) is 12.5 Å². The minimum atomic E-state index is -0.0164. The van der Waals surface area contributed by atoms with Gasteiger partial charge in [0.05, 0.1) is 0 Å². The minimum Gasteiger partial charge on any atom is -0.396 e. The Morgan fingerprint density at radius 3 is 2.71 bits per heavy atom. The lowest BCUT2D eigenvalue weighted by Gasteiger charge is -2.05. The van der Waals surface area contributed by atoms with Crippen molar-refractivity contribution in [3.63, 3.8) is 0 Å². The van der Waals surface area contributed by atoms with Crippen LogP contribution in [0.1, 0.15) is 47.3 Å². The van der Waals surface area contributed by atoms with E-state index in [9.17, 15) is 4.79 Å². The molecule has 21 heavy (non-hydrogen) atoms. The Bertz CT molecular complexity index is 617. The van der Waals surface area contributed by atoms with Gasteiger partial charge in [0.15, 0.2) is 0 Å². The standard InChI is InChI=1S/C17H24N2O2/c1-12-13(2)19-16-8-7-14(11-15(12)16)17(21)18-9-5-3-4-6-10-20/h7-8,11,19-20H,3-6,9-10H2,1-2H3,(H,18,21). The second-order valence-corrected chi connectivity index (χ2v) is 5.53. The number of aliphatic hydroxyl groups excluding tert-OH is 1. The van der Waals surface area contributed by atoms with E-state index in [1.54, 1.807) is 0 Å². The molecule has 1 amide bonds. The summed E-state index contributed by atoms with van der Waals surface area (Å²) in [5.41, 5.74) is 4.13. The van der Waals surface area contributed by atoms with Crippen LogP contribution >= 0.6 is 0 Å². The van der Waals surface area contributed by atoms with E-state index in [0.717, 1.165) is 42.3 Å². The molecule has 2 rings (SSSR count). The fourth-order valence-electron chi connectivity index (χ4n) is 2.50. The molecule has 3 N–H and O–H groups in total. The van der Waals surface area contributed by atoms with Crippen LogP contribution in [0.4, 0.5) is 0 Å². The molecule has 0 aliphatic carbocycles. The quantitative estimate of drug-likeness (QED) is 0.686. The number of hydrogen-bond donors (Lipinski definition) is 3. The van der Waals surface area contributed by atoms with Gasteiger partial charge in [-0.15, -0.1) is 0 Å². The summed E-state index contributed by atoms with van der Waals surface area (Å²) < 4.78 is 0. The predicted molar refractivity (Wildman–Crippen MR) is 85.7 cm³/mol. The smallest absolute Gasteiger partial charge is 0.251 e. The number of aliphatic hydroxyl groups is 1. The highest BCUT2D eigenvalue weighted by atomic mass is 16.2. The van der Waals surface area contributed by atoms with Crippen LogP contribution in [0, 0.1) is 13.8 Å². The van der Waals surface area contributed by atoms with Crippen molar-refractivity contribution in [1.82, 2.24) is 10.3 Å². The second kappa shape index (κ2) is 7.27. The lowest BCUT2D eigenvalue weighted by Crippen LogP contribution is -2.24. The summed E-state index contributed by atoms with van der Waals surface area (Å²) in [5, 5.41) is 12.8. The summed E-state index contributed by atoms with van der Waals surface area (Å²) in [7, 11) is 0. The molecule has 0 aliphatic rings. The highest BCUT2D eigenvalue weighted by Crippen LogP contribution is 2.22. The van der Waals surface area contributed by atoms with Gasteiger partial charge in [-0.25, -0.2) is 0 Å². The van der Waals surface area contributed by atoms with Gasteiger partial charge in [-0.3, -0.25) is 4.79 Å². The molecule has 1 heterocycles. The van der Waals surface area contributed by atoms with Gasteiger partial charge in [0.1, 0.15) is 0 Å². The average molecular weight is 288 g/mol. The summed E-state index contributed by atoms with van der Waals surface area (Å²) >= 11 is 0. The fraction of sp³-hybridized carbons (Fsp3) is 0.471. The number of aryl methyl sites for hydroxylation is 2. The van der Waals surface area contributed by atoms with Crippen LogP contribution in [0.25, 0.3) is 10.9 Å². The fourth-order valence-corrected chi connectivity index (χ4v) is 2.50. The molecule has 1 aromatic carbocycles. The third-order valence-corrected chi connectivity index (χ3v) is 3.94. The van der Waals surface area contributed by atoms with Crippen LogP contribution in [0.2, 0.25) is 0 Å². The number of aromatic nitrogens is 1. The summed E-state index contributed by atoms with van der Waals surface area (Å²) in [6.07, 6.45) is 3.85. The maximum absolute atomic E-state index is 12.1. The van der Waals surface area contributed by atoms with E-state index < -0.39 is 0 Å². The van der Waals surface area contributed by atoms with Gasteiger partial charge in [-0.2, -0.15) is 0 Å². The zero-order valence-corrected chi connectivity index (χ0v) is 12.8. The van der Waals surface area contributed by atoms with E-state index in [1.165, 1.54) is 5.56 Å². The number of aromatic amines is 1. The maximum atomic E-state index is 12.1. The van der Waals surface area contributed by atoms with Gasteiger partial charge in [0.2, 0.25) is 0 Å². The summed E-state index contributed by atoms with van der Waals surface area (Å²) in [4.78, 5) is 15.4. The van der Waals surface area contributed by atoms with E-state index >= 15 is 0 Å². The molecule has 0 saturated carbocycles. The molecule has 1 aromatic heterocycles. The number of unbranched alkanes of at least 4 members (excludes halogenated alkanes) is 3. The molecule has 0 unspecified atom stereocenters. The Balaban J connectivity index is 1.92. The summed E-state index contributed by atoms with van der Waals surface area (Å²) in [6, 6.07) is 5.78. The van der Waals surface area contributed by atoms with Crippen molar-refractivity contribution < 1.29 is 9.90 Å². The molecule has 0 aliphatic heterocycles. The van der Waals surface area contributed by atoms with Crippen LogP contribution < -0.4 is 5.32 Å². The second-order valence-electron chi connectivity index (χ2n) is 5.53. The van der Waals surface area contributed by atoms with Crippen LogP contribution in [-0.4, -0.2) is 29.1 Å². The maximum Gasteiger partial charge on any atom is 0.251 e. The molecule has 0 radical (unpaired) electrons. The first-order chi connectivity index (χ1) is 10.1. The largest absolute Gasteiger partial charge is 0.396 e. The predicted octanol–water partition coefficient (Wildman–Crippen LogP) is 3.07. The molecule has 0 atom stereocenters. The van der Waals surface area contributed by atoms with Crippen molar-refractivity contribution >= 4 is 16.8 Å². The Morgan fingerprint density at radius 1 is 1.19 bits per heavy atom. The Kier molecular flexibility index (Phi) is 5.39. The average Bonchev–Trinajstić information content (AvgIpc) is 2.77. The topological polar surface area (TPSA) is 65.1 Å². The first-order valence-corrected chi connectivity index (χ1v) is 7.61. The number of H-pyrrole nitrogens is 1. The van der Waals surface area contributed by atoms with Crippen molar-refractivity contribution in [2.75, 3.05) is 13.2 Å². The van der Waals surface area contributed by atoms with Gasteiger partial charge >= 0.3 is 0 Å². The van der Waals surface area contributed by atoms with Crippen LogP contribution in [-0.2, 0) is 0 Å². The number of fused-ring (bicyclic) bond motifs is 1. The van der Waals surface area contributed by atoms with Crippen LogP contribution in [0.5, 0.6) is 0 Å². The van der Waals surface area contributed by atoms with Crippen molar-refractivity contribution in [2.45, 2.75) is 39.5 Å². The molecular formula is C17H24N2O2. The third-order valence-electron chi connectivity index (χ3n) is 3.94. The number of benzene rings is 1. The number of carbonyl (C=O) groups excluding carboxylic acids is 1. The molecular weight excluding hydrogens is 264 g/mol. The lowest BCUT2D eigenvalue weighted by molar-refractivity contribution is 0.0953. The molecule has 0 fully saturated rings. The molecule has 0 bridgehead atoms. The monoisotopic (exact) mass is 288 g/mol. The number of rotatable bonds is 7. The van der Waals surface area contributed by atoms with Gasteiger partial charge in [-0.1, -0.05) is 12.8 Å². The number of amides is 1. The Labute approximate surface area is 125 Å². The van der Waals surface area contributed by atoms with Crippen molar-refractivity contribution in [3.05, 3.63) is 35.0 Å². The van der Waals surface area contributed by atoms with Gasteiger partial charge in [0.25, 0.3) is 5.91 Å². The molecule has 114 valence electrons. The number of nitrogens with one attached hydrogen (secondary N) is 2. The Morgan fingerprint density at radius 2 is 1.95 bits per heavy atom. The summed E-state index contributed by atoms with van der Waals surface area (Å²) in [5.74, 6) is -0.0164. The van der Waals surface area contributed by atoms with Gasteiger partial charge in [-0.05, 0) is 50.5 Å². The third kappa shape index (κ3) is 3.85. The zero-order chi connectivity index (χ0) is 15.2. The zero-order valence-electron chi connectivity index (χ0n) is 12.8. The highest BCUT2D eigenvalue weighted by Gasteiger charge is 2.09. The minimum absolute atomic E-state index is 0.0164. The van der Waals surface area contributed by atoms with Crippen molar-refractivity contribution in [1.29, 1.82) is 0 Å². The molecule has 4 heteroatoms. The van der Waals surface area contributed by atoms with E-state index in [2.05, 4.69) is 17.2 Å². The molecule has 0 spiro atoms. The van der Waals surface area contributed by atoms with E-state index in [4.69, 9.17) is 5.11 Å². The lowest BCUT2D eigenvalue weighted by atomic mass is 10.1. The van der Waals surface area contributed by atoms with E-state index in [0.29, 0.717) is 12.1 Å². The first-order valence-electron chi connectivity index (χ1n) is 7.61. The van der Waals surface area contributed by atoms with Crippen LogP contribution in [0.3, 0.4) is 0 Å². The highest BCUT2D eigenvalue weighted by molar-refractivity contribution is 5.99. The van der Waals surface area contributed by atoms with Crippen molar-refractivity contribution in [2.24, 2.45) is 0 Å². The van der Waals surface area contributed by atoms with Crippen molar-refractivity contribution in [3.8, 4) is 0 Å². The number of hydrogen-bond acceptors (Lipinski definition) is 2. The van der Waals surface area contributed by atoms with Gasteiger partial charge < -0.3 is 15.4 Å². The van der Waals surface area contributed by atoms with Gasteiger partial charge in [0, 0.05) is 35.3 Å². The Hall–Kier alpha value is -1.81. The number of carbonyl (C=O) groups is 1. The van der Waals surface area contributed by atoms with Crippen LogP contribution in [0.15, 0.2) is 18.2 Å². The SMILES string of the molecule is Cc1[nH]c2ccc(C(=O)NCCCCCCO)cc2c1C. The molecule has 4 nitrogen and oxygen atoms in total.